The van der Waals surface area contributed by atoms with Crippen LogP contribution in [0.1, 0.15) is 26.3 Å². The Morgan fingerprint density at radius 2 is 1.79 bits per heavy atom. The average molecular weight is 469 g/mol. The molecule has 0 bridgehead atoms. The molecule has 0 aliphatic rings. The van der Waals surface area contributed by atoms with Gasteiger partial charge in [0.1, 0.15) is 29.2 Å². The van der Waals surface area contributed by atoms with Crippen molar-refractivity contribution in [2.24, 2.45) is 0 Å². The second kappa shape index (κ2) is 11.2. The van der Waals surface area contributed by atoms with Crippen LogP contribution in [0.4, 0.5) is 23.1 Å². The summed E-state index contributed by atoms with van der Waals surface area (Å²) in [7, 11) is 0.581. The third-order valence-electron chi connectivity index (χ3n) is 4.41. The van der Waals surface area contributed by atoms with Crippen LogP contribution in [0.2, 0.25) is 0 Å². The van der Waals surface area contributed by atoms with Gasteiger partial charge in [0.25, 0.3) is 0 Å². The zero-order chi connectivity index (χ0) is 23.8. The number of aromatic nitrogens is 2. The van der Waals surface area contributed by atoms with Crippen molar-refractivity contribution in [1.29, 1.82) is 0 Å². The lowest BCUT2D eigenvalue weighted by Gasteiger charge is -2.19. The first-order valence-corrected chi connectivity index (χ1v) is 11.9. The van der Waals surface area contributed by atoms with E-state index in [2.05, 4.69) is 30.6 Å². The van der Waals surface area contributed by atoms with Gasteiger partial charge in [-0.1, -0.05) is 6.07 Å². The van der Waals surface area contributed by atoms with Gasteiger partial charge in [0.2, 0.25) is 5.95 Å². The number of hydrogen-bond acceptors (Lipinski definition) is 7. The molecule has 0 radical (unpaired) electrons. The largest absolute Gasteiger partial charge is 0.492 e. The van der Waals surface area contributed by atoms with E-state index < -0.39 is 11.0 Å². The monoisotopic (exact) mass is 468 g/mol. The van der Waals surface area contributed by atoms with Crippen LogP contribution in [-0.4, -0.2) is 39.9 Å². The Kier molecular flexibility index (Phi) is 8.37. The molecule has 0 fully saturated rings. The Morgan fingerprint density at radius 1 is 1.03 bits per heavy atom. The van der Waals surface area contributed by atoms with Crippen molar-refractivity contribution >= 4 is 34.1 Å². The molecule has 176 valence electrons. The number of likely N-dealkylation sites (N-methyl/N-ethyl adjacent to an activating group) is 1. The molecule has 0 aliphatic heterocycles. The van der Waals surface area contributed by atoms with E-state index >= 15 is 0 Å². The molecule has 2 aromatic carbocycles. The minimum Gasteiger partial charge on any atom is -0.492 e. The fourth-order valence-electron chi connectivity index (χ4n) is 2.83. The number of aryl methyl sites for hydroxylation is 1. The minimum atomic E-state index is -1.31. The number of rotatable bonds is 10. The Bertz CT molecular complexity index is 1080. The van der Waals surface area contributed by atoms with E-state index in [0.717, 1.165) is 29.2 Å². The van der Waals surface area contributed by atoms with Crippen molar-refractivity contribution in [2.45, 2.75) is 38.1 Å². The molecule has 0 amide bonds. The van der Waals surface area contributed by atoms with E-state index in [1.807, 2.05) is 83.3 Å². The van der Waals surface area contributed by atoms with Crippen molar-refractivity contribution in [1.82, 2.24) is 20.0 Å². The van der Waals surface area contributed by atoms with Crippen molar-refractivity contribution in [2.75, 3.05) is 30.8 Å². The molecule has 1 heterocycles. The highest BCUT2D eigenvalue weighted by Crippen LogP contribution is 2.23. The Morgan fingerprint density at radius 3 is 2.48 bits per heavy atom. The number of hydrogen-bond donors (Lipinski definition) is 4. The Labute approximate surface area is 198 Å². The van der Waals surface area contributed by atoms with Gasteiger partial charge in [0.05, 0.1) is 4.90 Å². The smallest absolute Gasteiger partial charge is 0.229 e. The summed E-state index contributed by atoms with van der Waals surface area (Å²) in [6.45, 7) is 9.29. The topological polar surface area (TPSA) is 100 Å². The van der Waals surface area contributed by atoms with Gasteiger partial charge in [-0.2, -0.15) is 4.98 Å². The maximum absolute atomic E-state index is 12.6. The van der Waals surface area contributed by atoms with E-state index in [-0.39, 0.29) is 5.54 Å². The summed E-state index contributed by atoms with van der Waals surface area (Å²) in [5, 5.41) is 9.58. The molecule has 1 atom stereocenters. The summed E-state index contributed by atoms with van der Waals surface area (Å²) in [6, 6.07) is 15.1. The molecule has 3 rings (SSSR count). The molecule has 4 N–H and O–H groups in total. The number of nitrogens with zero attached hydrogens (tertiary/aromatic N) is 2. The second-order valence-corrected chi connectivity index (χ2v) is 9.81. The quantitative estimate of drug-likeness (QED) is 0.330. The normalized spacial score (nSPS) is 12.3. The third-order valence-corrected chi connectivity index (χ3v) is 5.89. The molecule has 33 heavy (non-hydrogen) atoms. The molecule has 0 saturated heterocycles. The lowest BCUT2D eigenvalue weighted by Crippen LogP contribution is -2.37. The van der Waals surface area contributed by atoms with Crippen LogP contribution in [0.15, 0.2) is 59.6 Å². The van der Waals surface area contributed by atoms with Gasteiger partial charge < -0.3 is 20.7 Å². The first-order valence-electron chi connectivity index (χ1n) is 10.8. The van der Waals surface area contributed by atoms with Gasteiger partial charge >= 0.3 is 0 Å². The van der Waals surface area contributed by atoms with Crippen LogP contribution in [0, 0.1) is 6.92 Å². The van der Waals surface area contributed by atoms with E-state index in [1.165, 1.54) is 0 Å². The zero-order valence-corrected chi connectivity index (χ0v) is 20.5. The van der Waals surface area contributed by atoms with Gasteiger partial charge in [-0.15, -0.1) is 0 Å². The molecular formula is C24H32N6O2S. The van der Waals surface area contributed by atoms with Crippen LogP contribution in [0.3, 0.4) is 0 Å². The average Bonchev–Trinajstić information content (AvgIpc) is 2.76. The lowest BCUT2D eigenvalue weighted by atomic mass is 10.1. The highest BCUT2D eigenvalue weighted by molar-refractivity contribution is 7.83. The van der Waals surface area contributed by atoms with Crippen LogP contribution >= 0.6 is 0 Å². The van der Waals surface area contributed by atoms with Crippen molar-refractivity contribution in [3.8, 4) is 5.75 Å². The SMILES string of the molecule is CNCCOc1ccc(Nc2ncc(C)c(Nc3cccc(S(=O)NC(C)(C)C)c3)n2)cc1. The summed E-state index contributed by atoms with van der Waals surface area (Å²) >= 11 is 0. The number of nitrogens with one attached hydrogen (secondary N) is 4. The fourth-order valence-corrected chi connectivity index (χ4v) is 3.94. The van der Waals surface area contributed by atoms with E-state index in [9.17, 15) is 4.21 Å². The van der Waals surface area contributed by atoms with Crippen LogP contribution in [0.25, 0.3) is 0 Å². The predicted octanol–water partition coefficient (Wildman–Crippen LogP) is 4.28. The third kappa shape index (κ3) is 7.81. The predicted molar refractivity (Wildman–Crippen MR) is 135 cm³/mol. The molecule has 0 saturated carbocycles. The molecule has 3 aromatic rings. The van der Waals surface area contributed by atoms with Crippen molar-refractivity contribution in [3.05, 3.63) is 60.3 Å². The number of benzene rings is 2. The summed E-state index contributed by atoms with van der Waals surface area (Å²) in [6.07, 6.45) is 1.76. The minimum absolute atomic E-state index is 0.255. The highest BCUT2D eigenvalue weighted by atomic mass is 32.2. The van der Waals surface area contributed by atoms with Crippen LogP contribution < -0.4 is 25.4 Å². The van der Waals surface area contributed by atoms with E-state index in [4.69, 9.17) is 4.74 Å². The van der Waals surface area contributed by atoms with Gasteiger partial charge in [0.15, 0.2) is 0 Å². The van der Waals surface area contributed by atoms with E-state index in [0.29, 0.717) is 23.3 Å². The highest BCUT2D eigenvalue weighted by Gasteiger charge is 2.15. The zero-order valence-electron chi connectivity index (χ0n) is 19.7. The molecule has 1 aromatic heterocycles. The van der Waals surface area contributed by atoms with Crippen molar-refractivity contribution < 1.29 is 8.95 Å². The number of ether oxygens (including phenoxy) is 1. The lowest BCUT2D eigenvalue weighted by molar-refractivity contribution is 0.318. The standard InChI is InChI=1S/C24H32N6O2S/c1-17-16-26-23(28-18-9-11-20(12-10-18)32-14-13-25-5)29-22(17)27-19-7-6-8-21(15-19)33(31)30-24(2,3)4/h6-12,15-16,25,30H,13-14H2,1-5H3,(H2,26,27,28,29). The maximum atomic E-state index is 12.6. The van der Waals surface area contributed by atoms with E-state index in [1.54, 1.807) is 6.20 Å². The Balaban J connectivity index is 1.69. The summed E-state index contributed by atoms with van der Waals surface area (Å²) in [5.74, 6) is 1.95. The second-order valence-electron chi connectivity index (χ2n) is 8.60. The summed E-state index contributed by atoms with van der Waals surface area (Å²) in [4.78, 5) is 9.69. The maximum Gasteiger partial charge on any atom is 0.229 e. The van der Waals surface area contributed by atoms with Gasteiger partial charge in [0, 0.05) is 35.2 Å². The van der Waals surface area contributed by atoms with Gasteiger partial charge in [-0.3, -0.25) is 0 Å². The van der Waals surface area contributed by atoms with Gasteiger partial charge in [-0.25, -0.2) is 13.9 Å². The molecule has 1 unspecified atom stereocenters. The molecule has 8 nitrogen and oxygen atoms in total. The summed E-state index contributed by atoms with van der Waals surface area (Å²) < 4.78 is 21.3. The van der Waals surface area contributed by atoms with Crippen LogP contribution in [0.5, 0.6) is 5.75 Å². The van der Waals surface area contributed by atoms with Crippen LogP contribution in [-0.2, 0) is 11.0 Å². The molecule has 0 spiro atoms. The fraction of sp³-hybridized carbons (Fsp3) is 0.333. The first-order chi connectivity index (χ1) is 15.7. The van der Waals surface area contributed by atoms with Crippen molar-refractivity contribution in [3.63, 3.8) is 0 Å². The van der Waals surface area contributed by atoms with Gasteiger partial charge in [-0.05, 0) is 77.2 Å². The Hall–Kier alpha value is -3.01. The molecule has 0 aliphatic carbocycles. The first kappa shape index (κ1) is 24.6. The molecular weight excluding hydrogens is 436 g/mol. The molecule has 9 heteroatoms. The number of anilines is 4. The summed E-state index contributed by atoms with van der Waals surface area (Å²) in [5.41, 5.74) is 2.30.